The molecule has 0 radical (unpaired) electrons. The molecule has 300 valence electrons. The van der Waals surface area contributed by atoms with Gasteiger partial charge in [0, 0.05) is 33.4 Å². The van der Waals surface area contributed by atoms with Gasteiger partial charge >= 0.3 is 16.5 Å². The van der Waals surface area contributed by atoms with Gasteiger partial charge in [0.05, 0.1) is 0 Å². The summed E-state index contributed by atoms with van der Waals surface area (Å²) >= 11 is 0. The maximum absolute atomic E-state index is 12.3. The molecule has 0 aromatic heterocycles. The molecule has 1 aliphatic rings. The van der Waals surface area contributed by atoms with E-state index in [0.717, 1.165) is 78.6 Å². The van der Waals surface area contributed by atoms with Crippen molar-refractivity contribution in [2.45, 2.75) is 189 Å². The standard InChI is InChI=1S/C49H70N2.2CH3.Ni/c1-7-13-15-16-17-18-19-20-21-22-23-24-25-26-27-28-29-33-47-46(32-14-8-2)48(44-36-40(11-5)34-41(12-6)37-44)51(50)49(47)45-38-42(30-9-3)35-43(39-45)31-10-4;;;/h34-39H,7-8,11-29,32-33H2,1-6H3;2*1H3;/q;2*-1;+2. The number of benzene rings is 2. The number of allylic oxidation sites excluding steroid dienone is 2. The largest absolute Gasteiger partial charge is 2.00 e. The van der Waals surface area contributed by atoms with Gasteiger partial charge in [-0.3, -0.25) is 0 Å². The van der Waals surface area contributed by atoms with Crippen molar-refractivity contribution in [3.63, 3.8) is 0 Å². The molecule has 2 aromatic carbocycles. The van der Waals surface area contributed by atoms with E-state index in [0.29, 0.717) is 0 Å². The van der Waals surface area contributed by atoms with Gasteiger partial charge in [0.2, 0.25) is 11.4 Å². The normalized spacial score (nSPS) is 12.0. The van der Waals surface area contributed by atoms with Gasteiger partial charge < -0.3 is 20.4 Å². The summed E-state index contributed by atoms with van der Waals surface area (Å²) in [4.78, 5) is 0. The number of hydrogen-bond acceptors (Lipinski definition) is 0. The first-order valence-corrected chi connectivity index (χ1v) is 21.1. The van der Waals surface area contributed by atoms with Gasteiger partial charge in [0.25, 0.3) is 0 Å². The fraction of sp³-hybridized carbons (Fsp3) is 0.569. The fourth-order valence-corrected chi connectivity index (χ4v) is 7.67. The molecule has 3 heteroatoms. The molecule has 2 nitrogen and oxygen atoms in total. The van der Waals surface area contributed by atoms with Crippen LogP contribution in [0.4, 0.5) is 0 Å². The Labute approximate surface area is 345 Å². The summed E-state index contributed by atoms with van der Waals surface area (Å²) in [6.45, 7) is 12.8. The average molecular weight is 776 g/mol. The zero-order valence-corrected chi connectivity index (χ0v) is 36.9. The van der Waals surface area contributed by atoms with Crippen molar-refractivity contribution >= 4 is 11.4 Å². The summed E-state index contributed by atoms with van der Waals surface area (Å²) in [6.07, 6.45) is 29.5. The van der Waals surface area contributed by atoms with Crippen LogP contribution in [-0.2, 0) is 29.3 Å². The Hall–Kier alpha value is -2.87. The smallest absolute Gasteiger partial charge is 0.493 e. The van der Waals surface area contributed by atoms with Gasteiger partial charge in [0.15, 0.2) is 0 Å². The van der Waals surface area contributed by atoms with Crippen LogP contribution in [0.3, 0.4) is 0 Å². The first-order valence-electron chi connectivity index (χ1n) is 21.1. The molecule has 54 heavy (non-hydrogen) atoms. The molecular weight excluding hydrogens is 699 g/mol. The summed E-state index contributed by atoms with van der Waals surface area (Å²) < 4.78 is 1.53. The molecule has 0 fully saturated rings. The molecule has 0 amide bonds. The predicted octanol–water partition coefficient (Wildman–Crippen LogP) is 15.9. The maximum Gasteiger partial charge on any atom is 2.00 e. The fourth-order valence-electron chi connectivity index (χ4n) is 7.67. The quantitative estimate of drug-likeness (QED) is 0.0316. The molecular formula is C51H76N2Ni. The monoisotopic (exact) mass is 775 g/mol. The van der Waals surface area contributed by atoms with Crippen LogP contribution in [0.1, 0.15) is 210 Å². The Morgan fingerprint density at radius 3 is 1.19 bits per heavy atom. The minimum absolute atomic E-state index is 0. The third-order valence-corrected chi connectivity index (χ3v) is 10.6. The number of unbranched alkanes of at least 4 members (excludes halogenated alkanes) is 17. The zero-order chi connectivity index (χ0) is 36.7. The van der Waals surface area contributed by atoms with Crippen molar-refractivity contribution in [3.8, 4) is 23.7 Å². The summed E-state index contributed by atoms with van der Waals surface area (Å²) in [7, 11) is 0. The van der Waals surface area contributed by atoms with Crippen molar-refractivity contribution < 1.29 is 21.2 Å². The molecule has 1 heterocycles. The van der Waals surface area contributed by atoms with Crippen LogP contribution in [0, 0.1) is 38.5 Å². The number of aryl methyl sites for hydroxylation is 2. The van der Waals surface area contributed by atoms with E-state index < -0.39 is 0 Å². The van der Waals surface area contributed by atoms with E-state index in [1.807, 2.05) is 13.8 Å². The third-order valence-electron chi connectivity index (χ3n) is 10.6. The molecule has 0 aliphatic carbocycles. The third kappa shape index (κ3) is 16.9. The van der Waals surface area contributed by atoms with Gasteiger partial charge in [-0.1, -0.05) is 155 Å². The number of rotatable bonds is 25. The maximum atomic E-state index is 12.3. The molecule has 0 N–H and O–H groups in total. The van der Waals surface area contributed by atoms with Crippen LogP contribution >= 0.6 is 0 Å². The van der Waals surface area contributed by atoms with Crippen LogP contribution in [0.5, 0.6) is 0 Å². The van der Waals surface area contributed by atoms with E-state index in [-0.39, 0.29) is 31.3 Å². The summed E-state index contributed by atoms with van der Waals surface area (Å²) in [5.74, 6) is 12.7. The topological polar surface area (TPSA) is 25.3 Å². The molecule has 0 saturated heterocycles. The van der Waals surface area contributed by atoms with E-state index in [4.69, 9.17) is 0 Å². The van der Waals surface area contributed by atoms with Gasteiger partial charge in [-0.15, -0.1) is 11.8 Å². The Bertz CT molecular complexity index is 1510. The Morgan fingerprint density at radius 1 is 0.463 bits per heavy atom. The molecule has 0 atom stereocenters. The number of nitrogens with zero attached hydrogens (tertiary/aromatic N) is 2. The second-order valence-corrected chi connectivity index (χ2v) is 14.8. The SMILES string of the molecule is CC#Cc1cc(C#CC)cc(C2=C(CCCCCCCCCCCCCCCCCCC)C(CCCC)=C(c3cc(CC)cc(CC)c3)[N+]2=[N-])c1.[CH3-].[CH3-].[Ni+2]. The second-order valence-electron chi connectivity index (χ2n) is 14.8. The Kier molecular flexibility index (Phi) is 28.8. The van der Waals surface area contributed by atoms with Crippen molar-refractivity contribution in [3.05, 3.63) is 101 Å². The zero-order valence-electron chi connectivity index (χ0n) is 35.9. The predicted molar refractivity (Wildman–Crippen MR) is 235 cm³/mol. The summed E-state index contributed by atoms with van der Waals surface area (Å²) in [5, 5.41) is 0. The summed E-state index contributed by atoms with van der Waals surface area (Å²) in [5.41, 5.74) is 23.4. The van der Waals surface area contributed by atoms with Crippen molar-refractivity contribution in [1.82, 2.24) is 0 Å². The average Bonchev–Trinajstić information content (AvgIpc) is 3.42. The molecule has 0 spiro atoms. The second kappa shape index (κ2) is 30.4. The minimum Gasteiger partial charge on any atom is -0.493 e. The first-order chi connectivity index (χ1) is 25.0. The Morgan fingerprint density at radius 2 is 0.815 bits per heavy atom. The van der Waals surface area contributed by atoms with Crippen LogP contribution in [0.2, 0.25) is 0 Å². The molecule has 0 unspecified atom stereocenters. The number of hydrogen-bond donors (Lipinski definition) is 0. The van der Waals surface area contributed by atoms with Gasteiger partial charge in [-0.05, 0) is 93.8 Å². The molecule has 2 aromatic rings. The van der Waals surface area contributed by atoms with Crippen LogP contribution < -0.4 is 0 Å². The van der Waals surface area contributed by atoms with Crippen LogP contribution in [-0.4, -0.2) is 4.70 Å². The van der Waals surface area contributed by atoms with Gasteiger partial charge in [-0.25, -0.2) is 4.70 Å². The van der Waals surface area contributed by atoms with Crippen molar-refractivity contribution in [2.24, 2.45) is 0 Å². The van der Waals surface area contributed by atoms with E-state index in [1.165, 1.54) is 130 Å². The van der Waals surface area contributed by atoms with Crippen LogP contribution in [0.25, 0.3) is 16.9 Å². The molecule has 0 saturated carbocycles. The first kappa shape index (κ1) is 51.1. The van der Waals surface area contributed by atoms with Crippen molar-refractivity contribution in [2.75, 3.05) is 0 Å². The van der Waals surface area contributed by atoms with Crippen LogP contribution in [0.15, 0.2) is 47.5 Å². The van der Waals surface area contributed by atoms with E-state index in [9.17, 15) is 5.53 Å². The molecule has 0 bridgehead atoms. The van der Waals surface area contributed by atoms with Crippen molar-refractivity contribution in [1.29, 1.82) is 0 Å². The van der Waals surface area contributed by atoms with E-state index >= 15 is 0 Å². The molecule has 3 rings (SSSR count). The van der Waals surface area contributed by atoms with Gasteiger partial charge in [0.1, 0.15) is 0 Å². The summed E-state index contributed by atoms with van der Waals surface area (Å²) in [6, 6.07) is 13.3. The van der Waals surface area contributed by atoms with Gasteiger partial charge in [-0.2, -0.15) is 0 Å². The minimum atomic E-state index is 0. The van der Waals surface area contributed by atoms with E-state index in [1.54, 1.807) is 0 Å². The Balaban J connectivity index is 0.00000936. The molecule has 1 aliphatic heterocycles. The van der Waals surface area contributed by atoms with E-state index in [2.05, 4.69) is 87.8 Å².